The molecule has 0 bridgehead atoms. The summed E-state index contributed by atoms with van der Waals surface area (Å²) in [6.07, 6.45) is -7.40. The van der Waals surface area contributed by atoms with Gasteiger partial charge in [0.05, 0.1) is 0 Å². The molecule has 0 aliphatic carbocycles. The quantitative estimate of drug-likeness (QED) is 0.375. The maximum atomic E-state index is 13.9. The van der Waals surface area contributed by atoms with Crippen LogP contribution in [0.1, 0.15) is 5.56 Å². The van der Waals surface area contributed by atoms with Gasteiger partial charge in [-0.2, -0.15) is 65.5 Å². The van der Waals surface area contributed by atoms with E-state index < -0.39 is 88.6 Å². The molecule has 34 heavy (non-hydrogen) atoms. The third-order valence-corrected chi connectivity index (χ3v) is 6.67. The normalized spacial score (nSPS) is 15.5. The highest BCUT2D eigenvalue weighted by molar-refractivity contribution is 7.94. The second kappa shape index (κ2) is 7.77. The van der Waals surface area contributed by atoms with E-state index in [2.05, 4.69) is 0 Å². The largest absolute Gasteiger partial charge is 0.460 e. The van der Waals surface area contributed by atoms with E-state index in [9.17, 15) is 82.7 Å². The van der Waals surface area contributed by atoms with Gasteiger partial charge in [0.25, 0.3) is 9.84 Å². The minimum absolute atomic E-state index is 1.49. The Labute approximate surface area is 176 Å². The predicted molar refractivity (Wildman–Crippen MR) is 74.8 cm³/mol. The molecule has 0 radical (unpaired) electrons. The van der Waals surface area contributed by atoms with Crippen LogP contribution < -0.4 is 0 Å². The highest BCUT2D eigenvalue weighted by atomic mass is 32.2. The van der Waals surface area contributed by atoms with Crippen LogP contribution in [0.5, 0.6) is 0 Å². The Balaban J connectivity index is 3.86. The summed E-state index contributed by atoms with van der Waals surface area (Å²) in [5.74, 6) is -29.0. The van der Waals surface area contributed by atoms with Crippen LogP contribution in [-0.2, 0) is 25.9 Å². The minimum atomic E-state index is -7.72. The monoisotopic (exact) mass is 576 g/mol. The van der Waals surface area contributed by atoms with Gasteiger partial charge < -0.3 is 0 Å². The first kappa shape index (κ1) is 30.1. The molecule has 0 heterocycles. The van der Waals surface area contributed by atoms with Crippen LogP contribution in [0.2, 0.25) is 0 Å². The SMILES string of the molecule is O=S(=O)(O)C(F)(F)C(F)(F)S(=O)(=O)c1c(F)cc(C(F)(F)C(F)(F)C(F)(F)C(F)(F)F)cc1F. The summed E-state index contributed by atoms with van der Waals surface area (Å²) in [6, 6.07) is -2.98. The number of hydrogen-bond donors (Lipinski definition) is 1. The van der Waals surface area contributed by atoms with Crippen molar-refractivity contribution in [2.45, 2.75) is 39.3 Å². The Morgan fingerprint density at radius 1 is 0.618 bits per heavy atom. The number of halogens is 15. The molecule has 0 aliphatic heterocycles. The maximum absolute atomic E-state index is 13.9. The number of alkyl halides is 13. The van der Waals surface area contributed by atoms with Crippen LogP contribution in [0.15, 0.2) is 17.0 Å². The van der Waals surface area contributed by atoms with E-state index in [1.807, 2.05) is 0 Å². The lowest BCUT2D eigenvalue weighted by Crippen LogP contribution is -2.59. The molecule has 1 N–H and O–H groups in total. The van der Waals surface area contributed by atoms with Gasteiger partial charge in [0.15, 0.2) is 0 Å². The van der Waals surface area contributed by atoms with Crippen molar-refractivity contribution < 1.29 is 87.2 Å². The molecule has 0 aromatic heterocycles. The topological polar surface area (TPSA) is 88.5 Å². The van der Waals surface area contributed by atoms with Crippen molar-refractivity contribution in [3.8, 4) is 0 Å². The highest BCUT2D eigenvalue weighted by Crippen LogP contribution is 2.57. The Hall–Kier alpha value is -1.97. The molecule has 22 heteroatoms. The Kier molecular flexibility index (Phi) is 6.87. The van der Waals surface area contributed by atoms with Crippen LogP contribution in [-0.4, -0.2) is 49.9 Å². The Morgan fingerprint density at radius 3 is 1.26 bits per heavy atom. The molecular formula is C12H3F15O5S2. The highest BCUT2D eigenvalue weighted by Gasteiger charge is 2.82. The van der Waals surface area contributed by atoms with Gasteiger partial charge >= 0.3 is 44.6 Å². The van der Waals surface area contributed by atoms with Gasteiger partial charge in [-0.05, 0) is 12.1 Å². The van der Waals surface area contributed by atoms with Gasteiger partial charge in [0.1, 0.15) is 16.5 Å². The lowest BCUT2D eigenvalue weighted by molar-refractivity contribution is -0.399. The van der Waals surface area contributed by atoms with Gasteiger partial charge in [-0.3, -0.25) is 4.55 Å². The van der Waals surface area contributed by atoms with E-state index >= 15 is 0 Å². The Bertz CT molecular complexity index is 1160. The smallest absolute Gasteiger partial charge is 0.281 e. The van der Waals surface area contributed by atoms with E-state index in [1.165, 1.54) is 0 Å². The second-order valence-electron chi connectivity index (χ2n) is 6.00. The van der Waals surface area contributed by atoms with E-state index in [1.54, 1.807) is 0 Å². The van der Waals surface area contributed by atoms with Gasteiger partial charge in [-0.15, -0.1) is 0 Å². The van der Waals surface area contributed by atoms with Crippen LogP contribution in [0.25, 0.3) is 0 Å². The third-order valence-electron chi connectivity index (χ3n) is 3.77. The molecule has 0 spiro atoms. The average molecular weight is 576 g/mol. The molecule has 0 fully saturated rings. The first-order valence-corrected chi connectivity index (χ1v) is 10.1. The van der Waals surface area contributed by atoms with Crippen molar-refractivity contribution in [2.75, 3.05) is 0 Å². The first-order chi connectivity index (χ1) is 14.5. The molecule has 0 amide bonds. The van der Waals surface area contributed by atoms with Gasteiger partial charge in [0, 0.05) is 5.56 Å². The van der Waals surface area contributed by atoms with Crippen molar-refractivity contribution in [1.29, 1.82) is 0 Å². The third kappa shape index (κ3) is 3.95. The van der Waals surface area contributed by atoms with Crippen LogP contribution in [0.3, 0.4) is 0 Å². The molecule has 5 nitrogen and oxygen atoms in total. The van der Waals surface area contributed by atoms with E-state index in [4.69, 9.17) is 4.55 Å². The summed E-state index contributed by atoms with van der Waals surface area (Å²) in [5, 5.41) is -14.3. The molecule has 0 saturated carbocycles. The van der Waals surface area contributed by atoms with Gasteiger partial charge in [-0.1, -0.05) is 0 Å². The summed E-state index contributed by atoms with van der Waals surface area (Å²) >= 11 is 0. The van der Waals surface area contributed by atoms with Crippen molar-refractivity contribution in [3.05, 3.63) is 29.3 Å². The standard InChI is InChI=1S/C12H3F15O5S2/c13-4-1-3(7(15,16)8(17,18)9(19,20)10(21,22)23)2-5(14)6(4)33(28,29)11(24,25)12(26,27)34(30,31)32/h1-2H,(H,30,31,32). The molecule has 1 aromatic rings. The molecule has 1 rings (SSSR count). The number of hydrogen-bond acceptors (Lipinski definition) is 4. The summed E-state index contributed by atoms with van der Waals surface area (Å²) < 4.78 is 249. The van der Waals surface area contributed by atoms with E-state index in [0.29, 0.717) is 0 Å². The van der Waals surface area contributed by atoms with Crippen LogP contribution >= 0.6 is 0 Å². The van der Waals surface area contributed by atoms with E-state index in [0.717, 1.165) is 0 Å². The molecular weight excluding hydrogens is 573 g/mol. The van der Waals surface area contributed by atoms with Crippen LogP contribution in [0.4, 0.5) is 65.9 Å². The van der Waals surface area contributed by atoms with Crippen molar-refractivity contribution in [1.82, 2.24) is 0 Å². The fourth-order valence-corrected chi connectivity index (χ4v) is 4.13. The molecule has 198 valence electrons. The lowest BCUT2D eigenvalue weighted by Gasteiger charge is -2.34. The molecule has 0 unspecified atom stereocenters. The van der Waals surface area contributed by atoms with Crippen molar-refractivity contribution in [2.24, 2.45) is 0 Å². The summed E-state index contributed by atoms with van der Waals surface area (Å²) in [6.45, 7) is 0. The average Bonchev–Trinajstić information content (AvgIpc) is 2.58. The fourth-order valence-electron chi connectivity index (χ4n) is 1.99. The molecule has 1 aromatic carbocycles. The second-order valence-corrected chi connectivity index (χ2v) is 9.39. The first-order valence-electron chi connectivity index (χ1n) is 7.20. The lowest BCUT2D eigenvalue weighted by atomic mass is 9.96. The summed E-state index contributed by atoms with van der Waals surface area (Å²) in [4.78, 5) is -3.42. The minimum Gasteiger partial charge on any atom is -0.281 e. The maximum Gasteiger partial charge on any atom is 0.460 e. The van der Waals surface area contributed by atoms with E-state index in [-0.39, 0.29) is 0 Å². The summed E-state index contributed by atoms with van der Waals surface area (Å²) in [5.41, 5.74) is -3.21. The van der Waals surface area contributed by atoms with Gasteiger partial charge in [0.2, 0.25) is 0 Å². The number of benzene rings is 1. The van der Waals surface area contributed by atoms with Crippen LogP contribution in [0, 0.1) is 11.6 Å². The zero-order valence-electron chi connectivity index (χ0n) is 14.7. The van der Waals surface area contributed by atoms with Crippen molar-refractivity contribution >= 4 is 20.0 Å². The zero-order valence-corrected chi connectivity index (χ0v) is 16.4. The van der Waals surface area contributed by atoms with Crippen molar-refractivity contribution in [3.63, 3.8) is 0 Å². The number of sulfone groups is 1. The zero-order chi connectivity index (χ0) is 27.7. The molecule has 0 saturated heterocycles. The van der Waals surface area contributed by atoms with Gasteiger partial charge in [-0.25, -0.2) is 17.2 Å². The molecule has 0 aliphatic rings. The predicted octanol–water partition coefficient (Wildman–Crippen LogP) is 4.74. The Morgan fingerprint density at radius 2 is 0.971 bits per heavy atom. The fraction of sp³-hybridized carbons (Fsp3) is 0.500. The number of rotatable bonds is 7. The summed E-state index contributed by atoms with van der Waals surface area (Å²) in [7, 11) is -15.1. The molecule has 0 atom stereocenters.